The van der Waals surface area contributed by atoms with Crippen molar-refractivity contribution in [2.45, 2.75) is 112 Å². The summed E-state index contributed by atoms with van der Waals surface area (Å²) in [6, 6.07) is 0. The standard InChI is InChI=1S/C30H50O/c1-18(2)20-11-13-28(6)15-16-30(8)23(26(20)28)10-9-22-25-19(3)17-24(31)27(4,5)21(25)12-14-29(22,30)7/h19-26,31H,1,9-17H2,2-8H3. The van der Waals surface area contributed by atoms with Gasteiger partial charge in [-0.3, -0.25) is 0 Å². The first-order chi connectivity index (χ1) is 14.4. The van der Waals surface area contributed by atoms with Gasteiger partial charge in [-0.25, -0.2) is 0 Å². The van der Waals surface area contributed by atoms with E-state index in [1.54, 1.807) is 0 Å². The molecule has 0 aromatic rings. The summed E-state index contributed by atoms with van der Waals surface area (Å²) >= 11 is 0. The first-order valence-electron chi connectivity index (χ1n) is 13.7. The molecule has 0 radical (unpaired) electrons. The van der Waals surface area contributed by atoms with Crippen LogP contribution in [0.25, 0.3) is 0 Å². The van der Waals surface area contributed by atoms with Crippen molar-refractivity contribution < 1.29 is 5.11 Å². The van der Waals surface area contributed by atoms with Gasteiger partial charge in [0.25, 0.3) is 0 Å². The second-order valence-corrected chi connectivity index (χ2v) is 14.6. The fraction of sp³-hybridized carbons (Fsp3) is 0.933. The van der Waals surface area contributed by atoms with Crippen molar-refractivity contribution in [2.75, 3.05) is 0 Å². The Morgan fingerprint density at radius 2 is 1.45 bits per heavy atom. The molecule has 0 amide bonds. The van der Waals surface area contributed by atoms with Crippen molar-refractivity contribution in [1.82, 2.24) is 0 Å². The molecule has 5 fully saturated rings. The Kier molecular flexibility index (Phi) is 4.98. The van der Waals surface area contributed by atoms with Gasteiger partial charge >= 0.3 is 0 Å². The summed E-state index contributed by atoms with van der Waals surface area (Å²) in [6.07, 6.45) is 12.2. The number of aliphatic hydroxyl groups is 1. The van der Waals surface area contributed by atoms with Gasteiger partial charge in [-0.2, -0.15) is 0 Å². The average Bonchev–Trinajstić information content (AvgIpc) is 3.04. The van der Waals surface area contributed by atoms with E-state index in [9.17, 15) is 5.11 Å². The van der Waals surface area contributed by atoms with Crippen molar-refractivity contribution in [1.29, 1.82) is 0 Å². The molecular formula is C30H50O. The van der Waals surface area contributed by atoms with E-state index < -0.39 is 0 Å². The van der Waals surface area contributed by atoms with Gasteiger partial charge in [-0.05, 0) is 128 Å². The summed E-state index contributed by atoms with van der Waals surface area (Å²) in [5.41, 5.74) is 3.04. The third-order valence-electron chi connectivity index (χ3n) is 13.2. The van der Waals surface area contributed by atoms with Crippen molar-refractivity contribution in [3.63, 3.8) is 0 Å². The molecule has 1 N–H and O–H groups in total. The minimum atomic E-state index is -0.120. The van der Waals surface area contributed by atoms with Crippen LogP contribution in [0.5, 0.6) is 0 Å². The summed E-state index contributed by atoms with van der Waals surface area (Å²) in [6.45, 7) is 22.1. The van der Waals surface area contributed by atoms with E-state index in [4.69, 9.17) is 0 Å². The number of fused-ring (bicyclic) bond motifs is 7. The van der Waals surface area contributed by atoms with E-state index in [1.165, 1.54) is 56.9 Å². The van der Waals surface area contributed by atoms with E-state index in [0.717, 1.165) is 36.0 Å². The summed E-state index contributed by atoms with van der Waals surface area (Å²) in [5.74, 6) is 5.53. The first kappa shape index (κ1) is 22.5. The molecule has 176 valence electrons. The largest absolute Gasteiger partial charge is 0.393 e. The van der Waals surface area contributed by atoms with E-state index in [-0.39, 0.29) is 11.5 Å². The van der Waals surface area contributed by atoms with Crippen LogP contribution < -0.4 is 0 Å². The van der Waals surface area contributed by atoms with Gasteiger partial charge in [0.15, 0.2) is 0 Å². The topological polar surface area (TPSA) is 20.2 Å². The van der Waals surface area contributed by atoms with Crippen molar-refractivity contribution in [3.05, 3.63) is 12.2 Å². The second kappa shape index (κ2) is 6.86. The minimum absolute atomic E-state index is 0.0812. The fourth-order valence-corrected chi connectivity index (χ4v) is 11.1. The monoisotopic (exact) mass is 426 g/mol. The Bertz CT molecular complexity index is 752. The van der Waals surface area contributed by atoms with E-state index in [0.29, 0.717) is 28.1 Å². The van der Waals surface area contributed by atoms with E-state index >= 15 is 0 Å². The van der Waals surface area contributed by atoms with Crippen LogP contribution in [-0.4, -0.2) is 11.2 Å². The summed E-state index contributed by atoms with van der Waals surface area (Å²) in [4.78, 5) is 0. The van der Waals surface area contributed by atoms with Crippen LogP contribution in [0.15, 0.2) is 12.2 Å². The SMILES string of the molecule is C=C(C)C1CCC2(C)CCC3(C)C(CCC4C5C(C)CC(O)C(C)(C)C5CCC43C)C12. The van der Waals surface area contributed by atoms with Gasteiger partial charge in [0.1, 0.15) is 0 Å². The lowest BCUT2D eigenvalue weighted by Crippen LogP contribution is -2.64. The molecule has 0 aromatic heterocycles. The number of hydrogen-bond acceptors (Lipinski definition) is 1. The van der Waals surface area contributed by atoms with E-state index in [1.807, 2.05) is 0 Å². The molecule has 5 aliphatic carbocycles. The zero-order chi connectivity index (χ0) is 22.6. The number of aliphatic hydroxyl groups excluding tert-OH is 1. The van der Waals surface area contributed by atoms with Gasteiger partial charge in [0.05, 0.1) is 6.10 Å². The molecule has 0 aromatic carbocycles. The van der Waals surface area contributed by atoms with Gasteiger partial charge in [-0.15, -0.1) is 0 Å². The lowest BCUT2D eigenvalue weighted by molar-refractivity contribution is -0.226. The van der Waals surface area contributed by atoms with Gasteiger partial charge < -0.3 is 5.11 Å². The molecule has 11 atom stereocenters. The highest BCUT2D eigenvalue weighted by atomic mass is 16.3. The lowest BCUT2D eigenvalue weighted by Gasteiger charge is -2.70. The lowest BCUT2D eigenvalue weighted by atomic mass is 9.34. The van der Waals surface area contributed by atoms with Crippen molar-refractivity contribution in [2.24, 2.45) is 63.1 Å². The highest BCUT2D eigenvalue weighted by molar-refractivity contribution is 5.19. The normalized spacial score (nSPS) is 57.9. The first-order valence-corrected chi connectivity index (χ1v) is 13.7. The molecule has 5 rings (SSSR count). The summed E-state index contributed by atoms with van der Waals surface area (Å²) < 4.78 is 0. The van der Waals surface area contributed by atoms with Crippen molar-refractivity contribution >= 4 is 0 Å². The molecule has 1 heteroatoms. The summed E-state index contributed by atoms with van der Waals surface area (Å²) in [5, 5.41) is 10.9. The Morgan fingerprint density at radius 3 is 2.13 bits per heavy atom. The zero-order valence-corrected chi connectivity index (χ0v) is 21.6. The quantitative estimate of drug-likeness (QED) is 0.423. The Morgan fingerprint density at radius 1 is 0.806 bits per heavy atom. The van der Waals surface area contributed by atoms with Crippen LogP contribution in [0.3, 0.4) is 0 Å². The number of rotatable bonds is 1. The van der Waals surface area contributed by atoms with E-state index in [2.05, 4.69) is 55.0 Å². The van der Waals surface area contributed by atoms with Crippen LogP contribution in [-0.2, 0) is 0 Å². The number of hydrogen-bond donors (Lipinski definition) is 1. The highest BCUT2D eigenvalue weighted by Crippen LogP contribution is 2.75. The van der Waals surface area contributed by atoms with Crippen LogP contribution in [0.1, 0.15) is 106 Å². The molecule has 0 spiro atoms. The average molecular weight is 427 g/mol. The molecule has 0 heterocycles. The third kappa shape index (κ3) is 2.77. The van der Waals surface area contributed by atoms with Crippen LogP contribution in [0, 0.1) is 63.1 Å². The maximum absolute atomic E-state index is 10.9. The molecule has 0 aliphatic heterocycles. The van der Waals surface area contributed by atoms with Crippen LogP contribution in [0.4, 0.5) is 0 Å². The summed E-state index contributed by atoms with van der Waals surface area (Å²) in [7, 11) is 0. The molecule has 11 unspecified atom stereocenters. The Labute approximate surface area is 192 Å². The molecule has 5 saturated carbocycles. The Balaban J connectivity index is 1.53. The number of allylic oxidation sites excluding steroid dienone is 1. The predicted octanol–water partition coefficient (Wildman–Crippen LogP) is 7.88. The van der Waals surface area contributed by atoms with Gasteiger partial charge in [-0.1, -0.05) is 53.7 Å². The maximum atomic E-state index is 10.9. The molecule has 0 bridgehead atoms. The predicted molar refractivity (Wildman–Crippen MR) is 131 cm³/mol. The van der Waals surface area contributed by atoms with Crippen LogP contribution >= 0.6 is 0 Å². The van der Waals surface area contributed by atoms with Gasteiger partial charge in [0, 0.05) is 0 Å². The smallest absolute Gasteiger partial charge is 0.0596 e. The third-order valence-corrected chi connectivity index (χ3v) is 13.2. The van der Waals surface area contributed by atoms with Gasteiger partial charge in [0.2, 0.25) is 0 Å². The molecular weight excluding hydrogens is 376 g/mol. The highest BCUT2D eigenvalue weighted by Gasteiger charge is 2.68. The molecule has 31 heavy (non-hydrogen) atoms. The van der Waals surface area contributed by atoms with Crippen molar-refractivity contribution in [3.8, 4) is 0 Å². The molecule has 0 saturated heterocycles. The zero-order valence-electron chi connectivity index (χ0n) is 21.6. The Hall–Kier alpha value is -0.300. The fourth-order valence-electron chi connectivity index (χ4n) is 11.1. The molecule has 5 aliphatic rings. The maximum Gasteiger partial charge on any atom is 0.0596 e. The molecule has 1 nitrogen and oxygen atoms in total. The minimum Gasteiger partial charge on any atom is -0.393 e. The van der Waals surface area contributed by atoms with Crippen LogP contribution in [0.2, 0.25) is 0 Å². The second-order valence-electron chi connectivity index (χ2n) is 14.6.